The van der Waals surface area contributed by atoms with E-state index in [9.17, 15) is 23.1 Å². The maximum absolute atomic E-state index is 13.3. The lowest BCUT2D eigenvalue weighted by atomic mass is 10.2. The molecule has 0 saturated carbocycles. The van der Waals surface area contributed by atoms with Gasteiger partial charge in [0.05, 0.1) is 6.61 Å². The van der Waals surface area contributed by atoms with Crippen molar-refractivity contribution in [3.8, 4) is 11.4 Å². The maximum atomic E-state index is 13.3. The Bertz CT molecular complexity index is 908. The van der Waals surface area contributed by atoms with Crippen molar-refractivity contribution in [2.45, 2.75) is 6.04 Å². The van der Waals surface area contributed by atoms with E-state index in [0.29, 0.717) is 6.07 Å². The molecule has 3 rings (SSSR count). The minimum atomic E-state index is -1.05. The summed E-state index contributed by atoms with van der Waals surface area (Å²) in [7, 11) is 0. The second-order valence-corrected chi connectivity index (χ2v) is 5.33. The van der Waals surface area contributed by atoms with Gasteiger partial charge in [-0.05, 0) is 36.4 Å². The van der Waals surface area contributed by atoms with Crippen LogP contribution >= 0.6 is 0 Å². The molecule has 3 aromatic rings. The lowest BCUT2D eigenvalue weighted by Gasteiger charge is -2.12. The Morgan fingerprint density at radius 3 is 2.35 bits per heavy atom. The van der Waals surface area contributed by atoms with E-state index in [1.165, 1.54) is 12.1 Å². The number of carbonyl (C=O) groups is 1. The number of halogens is 3. The second kappa shape index (κ2) is 7.36. The summed E-state index contributed by atoms with van der Waals surface area (Å²) in [5.74, 6) is -2.97. The van der Waals surface area contributed by atoms with Gasteiger partial charge in [-0.25, -0.2) is 13.2 Å². The van der Waals surface area contributed by atoms with Crippen LogP contribution in [-0.2, 0) is 0 Å². The van der Waals surface area contributed by atoms with E-state index in [-0.39, 0.29) is 22.8 Å². The Balaban J connectivity index is 1.79. The van der Waals surface area contributed by atoms with E-state index in [0.717, 1.165) is 24.3 Å². The van der Waals surface area contributed by atoms with Gasteiger partial charge in [-0.15, -0.1) is 0 Å². The zero-order valence-corrected chi connectivity index (χ0v) is 13.1. The summed E-state index contributed by atoms with van der Waals surface area (Å²) < 4.78 is 44.4. The number of rotatable bonds is 5. The third-order valence-corrected chi connectivity index (χ3v) is 3.45. The van der Waals surface area contributed by atoms with E-state index < -0.39 is 36.0 Å². The molecule has 1 heterocycles. The fraction of sp³-hybridized carbons (Fsp3) is 0.118. The summed E-state index contributed by atoms with van der Waals surface area (Å²) >= 11 is 0. The molecule has 9 heteroatoms. The number of nitrogens with zero attached hydrogens (tertiary/aromatic N) is 2. The number of benzene rings is 2. The average molecular weight is 363 g/mol. The highest BCUT2D eigenvalue weighted by Gasteiger charge is 2.22. The number of hydrogen-bond acceptors (Lipinski definition) is 5. The number of amides is 1. The molecule has 26 heavy (non-hydrogen) atoms. The number of aromatic nitrogens is 2. The van der Waals surface area contributed by atoms with Gasteiger partial charge >= 0.3 is 0 Å². The Morgan fingerprint density at radius 2 is 1.73 bits per heavy atom. The predicted molar refractivity (Wildman–Crippen MR) is 83.3 cm³/mol. The molecule has 0 fully saturated rings. The first-order chi connectivity index (χ1) is 12.5. The van der Waals surface area contributed by atoms with Crippen LogP contribution in [0.4, 0.5) is 13.2 Å². The molecule has 0 aliphatic carbocycles. The number of aliphatic hydroxyl groups is 1. The molecule has 1 unspecified atom stereocenters. The molecular formula is C17H12F3N3O3. The summed E-state index contributed by atoms with van der Waals surface area (Å²) in [6, 6.07) is 6.46. The van der Waals surface area contributed by atoms with Crippen LogP contribution in [0, 0.1) is 17.5 Å². The number of carbonyl (C=O) groups excluding carboxylic acids is 1. The van der Waals surface area contributed by atoms with Crippen molar-refractivity contribution in [1.29, 1.82) is 0 Å². The lowest BCUT2D eigenvalue weighted by molar-refractivity contribution is 0.0901. The van der Waals surface area contributed by atoms with Crippen LogP contribution in [0.2, 0.25) is 0 Å². The molecule has 0 radical (unpaired) electrons. The highest BCUT2D eigenvalue weighted by atomic mass is 19.1. The summed E-state index contributed by atoms with van der Waals surface area (Å²) in [6.45, 7) is -0.563. The summed E-state index contributed by atoms with van der Waals surface area (Å²) in [4.78, 5) is 16.1. The minimum absolute atomic E-state index is 0.0408. The van der Waals surface area contributed by atoms with Gasteiger partial charge in [0.2, 0.25) is 5.82 Å². The minimum Gasteiger partial charge on any atom is -0.394 e. The van der Waals surface area contributed by atoms with Crippen LogP contribution in [0.1, 0.15) is 22.3 Å². The molecule has 1 amide bonds. The van der Waals surface area contributed by atoms with Crippen molar-refractivity contribution in [2.75, 3.05) is 6.61 Å². The molecule has 0 aliphatic rings. The molecule has 0 aliphatic heterocycles. The second-order valence-electron chi connectivity index (χ2n) is 5.33. The zero-order valence-electron chi connectivity index (χ0n) is 13.1. The summed E-state index contributed by atoms with van der Waals surface area (Å²) in [5, 5.41) is 15.5. The van der Waals surface area contributed by atoms with Gasteiger partial charge in [0.1, 0.15) is 23.5 Å². The monoisotopic (exact) mass is 363 g/mol. The van der Waals surface area contributed by atoms with E-state index in [1.807, 2.05) is 0 Å². The number of nitrogens with one attached hydrogen (secondary N) is 1. The van der Waals surface area contributed by atoms with Crippen molar-refractivity contribution < 1.29 is 27.6 Å². The molecule has 1 atom stereocenters. The summed E-state index contributed by atoms with van der Waals surface area (Å²) in [6.07, 6.45) is 0. The Labute approximate surface area is 145 Å². The van der Waals surface area contributed by atoms with Crippen LogP contribution in [0.15, 0.2) is 47.0 Å². The van der Waals surface area contributed by atoms with Gasteiger partial charge in [0, 0.05) is 17.2 Å². The molecule has 2 aromatic carbocycles. The van der Waals surface area contributed by atoms with Crippen LogP contribution in [0.5, 0.6) is 0 Å². The van der Waals surface area contributed by atoms with Gasteiger partial charge in [-0.3, -0.25) is 4.79 Å². The van der Waals surface area contributed by atoms with E-state index in [1.54, 1.807) is 0 Å². The van der Waals surface area contributed by atoms with E-state index in [4.69, 9.17) is 4.52 Å². The Kier molecular flexibility index (Phi) is 4.99. The third-order valence-electron chi connectivity index (χ3n) is 3.45. The van der Waals surface area contributed by atoms with Crippen LogP contribution in [-0.4, -0.2) is 27.8 Å². The van der Waals surface area contributed by atoms with Crippen molar-refractivity contribution in [1.82, 2.24) is 15.5 Å². The maximum Gasteiger partial charge on any atom is 0.251 e. The first kappa shape index (κ1) is 17.6. The molecular weight excluding hydrogens is 351 g/mol. The zero-order chi connectivity index (χ0) is 18.7. The van der Waals surface area contributed by atoms with Crippen molar-refractivity contribution >= 4 is 5.91 Å². The molecule has 1 aromatic heterocycles. The Hall–Kier alpha value is -3.20. The fourth-order valence-corrected chi connectivity index (χ4v) is 2.21. The topological polar surface area (TPSA) is 88.2 Å². The molecule has 0 spiro atoms. The third kappa shape index (κ3) is 3.89. The van der Waals surface area contributed by atoms with E-state index >= 15 is 0 Å². The highest BCUT2D eigenvalue weighted by Crippen LogP contribution is 2.21. The van der Waals surface area contributed by atoms with Gasteiger partial charge in [0.15, 0.2) is 0 Å². The van der Waals surface area contributed by atoms with Gasteiger partial charge in [-0.1, -0.05) is 5.16 Å². The van der Waals surface area contributed by atoms with Gasteiger partial charge in [-0.2, -0.15) is 4.98 Å². The van der Waals surface area contributed by atoms with Gasteiger partial charge < -0.3 is 14.9 Å². The molecule has 6 nitrogen and oxygen atoms in total. The SMILES string of the molecule is O=C(NC(CO)c1nc(-c2cc(F)cc(F)c2)no1)c1ccc(F)cc1. The smallest absolute Gasteiger partial charge is 0.251 e. The predicted octanol–water partition coefficient (Wildman–Crippen LogP) is 2.62. The number of hydrogen-bond donors (Lipinski definition) is 2. The highest BCUT2D eigenvalue weighted by molar-refractivity contribution is 5.94. The first-order valence-corrected chi connectivity index (χ1v) is 7.43. The quantitative estimate of drug-likeness (QED) is 0.728. The first-order valence-electron chi connectivity index (χ1n) is 7.43. The largest absolute Gasteiger partial charge is 0.394 e. The van der Waals surface area contributed by atoms with Crippen LogP contribution in [0.25, 0.3) is 11.4 Å². The molecule has 134 valence electrons. The van der Waals surface area contributed by atoms with Crippen molar-refractivity contribution in [3.05, 3.63) is 71.4 Å². The van der Waals surface area contributed by atoms with Crippen molar-refractivity contribution in [2.24, 2.45) is 0 Å². The van der Waals surface area contributed by atoms with Gasteiger partial charge in [0.25, 0.3) is 11.8 Å². The van der Waals surface area contributed by atoms with E-state index in [2.05, 4.69) is 15.5 Å². The summed E-state index contributed by atoms with van der Waals surface area (Å²) in [5.41, 5.74) is 0.204. The molecule has 2 N–H and O–H groups in total. The molecule has 0 bridgehead atoms. The van der Waals surface area contributed by atoms with Crippen LogP contribution in [0.3, 0.4) is 0 Å². The molecule has 0 saturated heterocycles. The van der Waals surface area contributed by atoms with Crippen molar-refractivity contribution in [3.63, 3.8) is 0 Å². The fourth-order valence-electron chi connectivity index (χ4n) is 2.21. The average Bonchev–Trinajstić information content (AvgIpc) is 3.09. The standard InChI is InChI=1S/C17H12F3N3O3/c18-11-3-1-9(2-4-11)16(25)21-14(8-24)17-22-15(23-26-17)10-5-12(19)7-13(20)6-10/h1-7,14,24H,8H2,(H,21,25). The normalized spacial score (nSPS) is 12.0. The van der Waals surface area contributed by atoms with Crippen LogP contribution < -0.4 is 5.32 Å². The Morgan fingerprint density at radius 1 is 1.08 bits per heavy atom. The lowest BCUT2D eigenvalue weighted by Crippen LogP contribution is -2.31. The number of aliphatic hydroxyl groups excluding tert-OH is 1.